The van der Waals surface area contributed by atoms with Crippen LogP contribution in [0.3, 0.4) is 0 Å². The maximum atomic E-state index is 12.3. The lowest BCUT2D eigenvalue weighted by atomic mass is 10.1. The van der Waals surface area contributed by atoms with Crippen molar-refractivity contribution in [3.05, 3.63) is 83.4 Å². The van der Waals surface area contributed by atoms with Gasteiger partial charge in [-0.15, -0.1) is 6.58 Å². The largest absolute Gasteiger partial charge is 0.364 e. The number of allylic oxidation sites excluding steroid dienone is 1. The van der Waals surface area contributed by atoms with Crippen molar-refractivity contribution in [3.8, 4) is 0 Å². The van der Waals surface area contributed by atoms with E-state index in [1.807, 2.05) is 0 Å². The number of hydrogen-bond donors (Lipinski definition) is 0. The maximum Gasteiger partial charge on any atom is 0.364 e. The zero-order chi connectivity index (χ0) is 16.4. The molecule has 5 heteroatoms. The quantitative estimate of drug-likeness (QED) is 0.643. The van der Waals surface area contributed by atoms with Crippen molar-refractivity contribution in [3.63, 3.8) is 0 Å². The average Bonchev–Trinajstić information content (AvgIpc) is 2.81. The SMILES string of the molecule is C=CCc1ccccc1C(=O)ON1C(=O)c2ccccc2C1=O. The van der Waals surface area contributed by atoms with Crippen LogP contribution >= 0.6 is 0 Å². The van der Waals surface area contributed by atoms with Crippen LogP contribution in [0.25, 0.3) is 0 Å². The third-order valence-electron chi connectivity index (χ3n) is 3.53. The molecule has 3 rings (SSSR count). The third kappa shape index (κ3) is 2.53. The van der Waals surface area contributed by atoms with E-state index in [1.54, 1.807) is 42.5 Å². The van der Waals surface area contributed by atoms with Crippen LogP contribution in [-0.4, -0.2) is 22.8 Å². The molecule has 0 aromatic heterocycles. The molecule has 0 spiro atoms. The van der Waals surface area contributed by atoms with Gasteiger partial charge < -0.3 is 4.84 Å². The van der Waals surface area contributed by atoms with Crippen molar-refractivity contribution in [2.45, 2.75) is 6.42 Å². The molecule has 0 saturated heterocycles. The minimum Gasteiger partial charge on any atom is -0.324 e. The van der Waals surface area contributed by atoms with E-state index in [0.29, 0.717) is 22.6 Å². The fourth-order valence-corrected chi connectivity index (χ4v) is 2.44. The lowest BCUT2D eigenvalue weighted by Gasteiger charge is -2.14. The molecule has 5 nitrogen and oxygen atoms in total. The minimum absolute atomic E-state index is 0.227. The summed E-state index contributed by atoms with van der Waals surface area (Å²) < 4.78 is 0. The Kier molecular flexibility index (Phi) is 3.76. The fourth-order valence-electron chi connectivity index (χ4n) is 2.44. The lowest BCUT2D eigenvalue weighted by Crippen LogP contribution is -2.33. The minimum atomic E-state index is -0.753. The highest BCUT2D eigenvalue weighted by molar-refractivity contribution is 6.21. The van der Waals surface area contributed by atoms with Crippen LogP contribution in [0.5, 0.6) is 0 Å². The predicted octanol–water partition coefficient (Wildman–Crippen LogP) is 2.78. The first-order valence-corrected chi connectivity index (χ1v) is 7.02. The Morgan fingerprint density at radius 2 is 1.57 bits per heavy atom. The summed E-state index contributed by atoms with van der Waals surface area (Å²) in [4.78, 5) is 41.8. The highest BCUT2D eigenvalue weighted by Gasteiger charge is 2.38. The molecule has 0 bridgehead atoms. The molecule has 1 aliphatic rings. The molecule has 2 amide bonds. The number of hydrogen-bond acceptors (Lipinski definition) is 4. The molecule has 2 aromatic rings. The van der Waals surface area contributed by atoms with E-state index in [4.69, 9.17) is 4.84 Å². The number of amides is 2. The number of carbonyl (C=O) groups is 3. The van der Waals surface area contributed by atoms with Crippen LogP contribution in [0.1, 0.15) is 36.6 Å². The highest BCUT2D eigenvalue weighted by atomic mass is 16.7. The fraction of sp³-hybridized carbons (Fsp3) is 0.0556. The number of rotatable bonds is 4. The highest BCUT2D eigenvalue weighted by Crippen LogP contribution is 2.23. The molecule has 0 aliphatic carbocycles. The lowest BCUT2D eigenvalue weighted by molar-refractivity contribution is -0.0585. The van der Waals surface area contributed by atoms with Gasteiger partial charge in [0.2, 0.25) is 0 Å². The van der Waals surface area contributed by atoms with Gasteiger partial charge in [0.25, 0.3) is 11.8 Å². The summed E-state index contributed by atoms with van der Waals surface area (Å²) in [5, 5.41) is 0.512. The Hall–Kier alpha value is -3.21. The van der Waals surface area contributed by atoms with Gasteiger partial charge in [-0.2, -0.15) is 0 Å². The second-order valence-corrected chi connectivity index (χ2v) is 4.98. The Bertz CT molecular complexity index is 790. The van der Waals surface area contributed by atoms with E-state index >= 15 is 0 Å². The number of imide groups is 1. The number of fused-ring (bicyclic) bond motifs is 1. The van der Waals surface area contributed by atoms with Crippen molar-refractivity contribution in [1.82, 2.24) is 5.06 Å². The molecular weight excluding hydrogens is 294 g/mol. The summed E-state index contributed by atoms with van der Waals surface area (Å²) in [7, 11) is 0. The second-order valence-electron chi connectivity index (χ2n) is 4.98. The molecule has 1 heterocycles. The van der Waals surface area contributed by atoms with Crippen molar-refractivity contribution in [2.24, 2.45) is 0 Å². The van der Waals surface area contributed by atoms with Crippen molar-refractivity contribution < 1.29 is 19.2 Å². The standard InChI is InChI=1S/C18H13NO4/c1-2-7-12-8-3-4-9-13(12)18(22)23-19-16(20)14-10-5-6-11-15(14)17(19)21/h2-6,8-11H,1,7H2. The summed E-state index contributed by atoms with van der Waals surface area (Å²) in [5.41, 5.74) is 1.46. The van der Waals surface area contributed by atoms with Gasteiger partial charge in [-0.3, -0.25) is 9.59 Å². The van der Waals surface area contributed by atoms with E-state index < -0.39 is 17.8 Å². The monoisotopic (exact) mass is 307 g/mol. The zero-order valence-electron chi connectivity index (χ0n) is 12.2. The second kappa shape index (κ2) is 5.88. The Morgan fingerprint density at radius 3 is 2.17 bits per heavy atom. The van der Waals surface area contributed by atoms with Crippen LogP contribution in [0.15, 0.2) is 61.2 Å². The van der Waals surface area contributed by atoms with Crippen LogP contribution in [-0.2, 0) is 11.3 Å². The Labute approximate surface area is 132 Å². The van der Waals surface area contributed by atoms with Crippen molar-refractivity contribution >= 4 is 17.8 Å². The summed E-state index contributed by atoms with van der Waals surface area (Å²) in [6.07, 6.45) is 2.14. The third-order valence-corrected chi connectivity index (χ3v) is 3.53. The van der Waals surface area contributed by atoms with Gasteiger partial charge in [-0.25, -0.2) is 4.79 Å². The first kappa shape index (κ1) is 14.7. The molecule has 114 valence electrons. The van der Waals surface area contributed by atoms with E-state index in [9.17, 15) is 14.4 Å². The van der Waals surface area contributed by atoms with Gasteiger partial charge >= 0.3 is 5.97 Å². The summed E-state index contributed by atoms with van der Waals surface area (Å²) in [5.74, 6) is -2.03. The first-order valence-electron chi connectivity index (χ1n) is 7.02. The molecule has 0 saturated carbocycles. The normalized spacial score (nSPS) is 13.0. The molecule has 0 unspecified atom stereocenters. The number of benzene rings is 2. The van der Waals surface area contributed by atoms with Gasteiger partial charge in [-0.05, 0) is 30.2 Å². The van der Waals surface area contributed by atoms with Gasteiger partial charge in [0.15, 0.2) is 0 Å². The molecular formula is C18H13NO4. The van der Waals surface area contributed by atoms with Crippen LogP contribution in [0.2, 0.25) is 0 Å². The topological polar surface area (TPSA) is 63.7 Å². The van der Waals surface area contributed by atoms with E-state index in [0.717, 1.165) is 0 Å². The Morgan fingerprint density at radius 1 is 1.00 bits per heavy atom. The molecule has 2 aromatic carbocycles. The van der Waals surface area contributed by atoms with Crippen LogP contribution < -0.4 is 0 Å². The molecule has 0 radical (unpaired) electrons. The van der Waals surface area contributed by atoms with Crippen LogP contribution in [0, 0.1) is 0 Å². The molecule has 0 N–H and O–H groups in total. The van der Waals surface area contributed by atoms with Gasteiger partial charge in [0.05, 0.1) is 16.7 Å². The van der Waals surface area contributed by atoms with Crippen molar-refractivity contribution in [2.75, 3.05) is 0 Å². The summed E-state index contributed by atoms with van der Waals surface area (Å²) in [6.45, 7) is 3.64. The Balaban J connectivity index is 1.86. The number of nitrogens with zero attached hydrogens (tertiary/aromatic N) is 1. The smallest absolute Gasteiger partial charge is 0.324 e. The van der Waals surface area contributed by atoms with E-state index in [2.05, 4.69) is 6.58 Å². The maximum absolute atomic E-state index is 12.3. The molecule has 0 fully saturated rings. The van der Waals surface area contributed by atoms with E-state index in [-0.39, 0.29) is 11.1 Å². The summed E-state index contributed by atoms with van der Waals surface area (Å²) >= 11 is 0. The zero-order valence-corrected chi connectivity index (χ0v) is 12.2. The van der Waals surface area contributed by atoms with Gasteiger partial charge in [0, 0.05) is 0 Å². The number of hydroxylamine groups is 2. The van der Waals surface area contributed by atoms with Gasteiger partial charge in [-0.1, -0.05) is 41.5 Å². The average molecular weight is 307 g/mol. The van der Waals surface area contributed by atoms with E-state index in [1.165, 1.54) is 12.1 Å². The predicted molar refractivity (Wildman–Crippen MR) is 82.7 cm³/mol. The van der Waals surface area contributed by atoms with Gasteiger partial charge in [0.1, 0.15) is 0 Å². The first-order chi connectivity index (χ1) is 11.1. The molecule has 23 heavy (non-hydrogen) atoms. The van der Waals surface area contributed by atoms with Crippen molar-refractivity contribution in [1.29, 1.82) is 0 Å². The summed E-state index contributed by atoms with van der Waals surface area (Å²) in [6, 6.07) is 13.2. The molecule has 1 aliphatic heterocycles. The molecule has 0 atom stereocenters. The van der Waals surface area contributed by atoms with Crippen LogP contribution in [0.4, 0.5) is 0 Å². The number of carbonyl (C=O) groups excluding carboxylic acids is 3.